The van der Waals surface area contributed by atoms with Gasteiger partial charge in [0, 0.05) is 6.04 Å². The van der Waals surface area contributed by atoms with Crippen molar-refractivity contribution in [3.63, 3.8) is 0 Å². The van der Waals surface area contributed by atoms with E-state index in [4.69, 9.17) is 0 Å². The number of unbranched alkanes of at least 4 members (excludes halogenated alkanes) is 3. The lowest BCUT2D eigenvalue weighted by molar-refractivity contribution is 0.160. The van der Waals surface area contributed by atoms with Gasteiger partial charge in [0.25, 0.3) is 0 Å². The predicted molar refractivity (Wildman–Crippen MR) is 91.1 cm³/mol. The molecule has 0 saturated heterocycles. The third-order valence-corrected chi connectivity index (χ3v) is 5.09. The summed E-state index contributed by atoms with van der Waals surface area (Å²) >= 11 is 0. The molecule has 0 aliphatic heterocycles. The van der Waals surface area contributed by atoms with Gasteiger partial charge in [-0.1, -0.05) is 60.3 Å². The summed E-state index contributed by atoms with van der Waals surface area (Å²) in [7, 11) is 0. The first-order valence-corrected chi connectivity index (χ1v) is 9.13. The van der Waals surface area contributed by atoms with Crippen molar-refractivity contribution in [3.8, 4) is 0 Å². The Morgan fingerprint density at radius 2 is 1.50 bits per heavy atom. The first-order valence-electron chi connectivity index (χ1n) is 9.13. The van der Waals surface area contributed by atoms with Gasteiger partial charge < -0.3 is 5.32 Å². The van der Waals surface area contributed by atoms with Crippen molar-refractivity contribution in [2.75, 3.05) is 6.54 Å². The largest absolute Gasteiger partial charge is 0.314 e. The minimum Gasteiger partial charge on any atom is -0.314 e. The fourth-order valence-corrected chi connectivity index (χ4v) is 3.50. The second-order valence-corrected chi connectivity index (χ2v) is 8.47. The monoisotopic (exact) mass is 281 g/mol. The van der Waals surface area contributed by atoms with Gasteiger partial charge in [0.05, 0.1) is 0 Å². The molecule has 1 rings (SSSR count). The summed E-state index contributed by atoms with van der Waals surface area (Å²) in [5.74, 6) is 1.82. The number of rotatable bonds is 8. The molecule has 1 aliphatic carbocycles. The van der Waals surface area contributed by atoms with Crippen molar-refractivity contribution >= 4 is 0 Å². The van der Waals surface area contributed by atoms with Crippen LogP contribution in [0.15, 0.2) is 0 Å². The molecule has 20 heavy (non-hydrogen) atoms. The van der Waals surface area contributed by atoms with Gasteiger partial charge in [-0.05, 0) is 55.9 Å². The Hall–Kier alpha value is -0.0400. The molecule has 0 heterocycles. The smallest absolute Gasteiger partial charge is 0.00672 e. The first-order chi connectivity index (χ1) is 9.39. The molecular formula is C19H39N. The van der Waals surface area contributed by atoms with E-state index in [1.807, 2.05) is 0 Å². The second-order valence-electron chi connectivity index (χ2n) is 8.47. The van der Waals surface area contributed by atoms with Crippen LogP contribution in [0.4, 0.5) is 0 Å². The summed E-state index contributed by atoms with van der Waals surface area (Å²) < 4.78 is 0. The second kappa shape index (κ2) is 9.07. The van der Waals surface area contributed by atoms with Crippen LogP contribution in [0.5, 0.6) is 0 Å². The molecule has 0 aromatic carbocycles. The van der Waals surface area contributed by atoms with Gasteiger partial charge in [-0.2, -0.15) is 0 Å². The lowest BCUT2D eigenvalue weighted by Crippen LogP contribution is -2.36. The van der Waals surface area contributed by atoms with E-state index in [0.717, 1.165) is 17.9 Å². The van der Waals surface area contributed by atoms with Crippen LogP contribution in [-0.4, -0.2) is 12.6 Å². The summed E-state index contributed by atoms with van der Waals surface area (Å²) in [6, 6.07) is 0.810. The van der Waals surface area contributed by atoms with Crippen LogP contribution in [0.2, 0.25) is 0 Å². The molecule has 1 N–H and O–H groups in total. The zero-order valence-electron chi connectivity index (χ0n) is 14.8. The van der Waals surface area contributed by atoms with Crippen LogP contribution in [0.3, 0.4) is 0 Å². The molecule has 0 aromatic heterocycles. The Morgan fingerprint density at radius 3 is 2.05 bits per heavy atom. The Kier molecular flexibility index (Phi) is 8.17. The standard InChI is InChI=1S/C19H39N/c1-16(2)10-8-6-7-9-15-20-18-13-11-17(12-14-18)19(3,4)5/h16-18,20H,6-15H2,1-5H3. The Labute approximate surface area is 128 Å². The third-order valence-electron chi connectivity index (χ3n) is 5.09. The van der Waals surface area contributed by atoms with Gasteiger partial charge >= 0.3 is 0 Å². The van der Waals surface area contributed by atoms with Crippen LogP contribution < -0.4 is 5.32 Å². The van der Waals surface area contributed by atoms with E-state index in [2.05, 4.69) is 39.9 Å². The number of nitrogens with one attached hydrogen (secondary N) is 1. The summed E-state index contributed by atoms with van der Waals surface area (Å²) in [6.07, 6.45) is 12.7. The highest BCUT2D eigenvalue weighted by atomic mass is 14.9. The summed E-state index contributed by atoms with van der Waals surface area (Å²) in [5.41, 5.74) is 0.515. The van der Waals surface area contributed by atoms with Crippen molar-refractivity contribution < 1.29 is 0 Å². The molecule has 1 heteroatoms. The van der Waals surface area contributed by atoms with Crippen LogP contribution in [0, 0.1) is 17.3 Å². The molecule has 0 aromatic rings. The van der Waals surface area contributed by atoms with E-state index in [1.165, 1.54) is 64.3 Å². The molecule has 0 spiro atoms. The van der Waals surface area contributed by atoms with E-state index in [9.17, 15) is 0 Å². The fraction of sp³-hybridized carbons (Fsp3) is 1.00. The Balaban J connectivity index is 1.97. The Morgan fingerprint density at radius 1 is 0.900 bits per heavy atom. The fourth-order valence-electron chi connectivity index (χ4n) is 3.50. The molecule has 0 radical (unpaired) electrons. The van der Waals surface area contributed by atoms with Gasteiger partial charge in [0.15, 0.2) is 0 Å². The highest BCUT2D eigenvalue weighted by Crippen LogP contribution is 2.37. The van der Waals surface area contributed by atoms with E-state index < -0.39 is 0 Å². The number of hydrogen-bond donors (Lipinski definition) is 1. The van der Waals surface area contributed by atoms with Crippen molar-refractivity contribution in [3.05, 3.63) is 0 Å². The SMILES string of the molecule is CC(C)CCCCCCNC1CCC(C(C)(C)C)CC1. The molecule has 1 fully saturated rings. The lowest BCUT2D eigenvalue weighted by atomic mass is 9.71. The van der Waals surface area contributed by atoms with E-state index >= 15 is 0 Å². The van der Waals surface area contributed by atoms with Gasteiger partial charge in [0.1, 0.15) is 0 Å². The third kappa shape index (κ3) is 7.67. The zero-order valence-corrected chi connectivity index (χ0v) is 14.8. The predicted octanol–water partition coefficient (Wildman–Crippen LogP) is 5.79. The van der Waals surface area contributed by atoms with Crippen molar-refractivity contribution in [1.29, 1.82) is 0 Å². The highest BCUT2D eigenvalue weighted by molar-refractivity contribution is 4.83. The van der Waals surface area contributed by atoms with E-state index in [1.54, 1.807) is 0 Å². The summed E-state index contributed by atoms with van der Waals surface area (Å²) in [5, 5.41) is 3.79. The first kappa shape index (κ1) is 18.0. The number of hydrogen-bond acceptors (Lipinski definition) is 1. The molecule has 0 bridgehead atoms. The van der Waals surface area contributed by atoms with Crippen molar-refractivity contribution in [2.45, 2.75) is 98.4 Å². The molecule has 1 nitrogen and oxygen atoms in total. The quantitative estimate of drug-likeness (QED) is 0.555. The Bertz CT molecular complexity index is 231. The average Bonchev–Trinajstić information content (AvgIpc) is 2.37. The van der Waals surface area contributed by atoms with Crippen molar-refractivity contribution in [2.24, 2.45) is 17.3 Å². The molecule has 0 amide bonds. The normalized spacial score (nSPS) is 24.3. The van der Waals surface area contributed by atoms with E-state index in [-0.39, 0.29) is 0 Å². The van der Waals surface area contributed by atoms with Crippen molar-refractivity contribution in [1.82, 2.24) is 5.32 Å². The molecule has 1 saturated carbocycles. The topological polar surface area (TPSA) is 12.0 Å². The van der Waals surface area contributed by atoms with Gasteiger partial charge in [-0.25, -0.2) is 0 Å². The minimum atomic E-state index is 0.515. The van der Waals surface area contributed by atoms with Gasteiger partial charge in [-0.15, -0.1) is 0 Å². The molecular weight excluding hydrogens is 242 g/mol. The minimum absolute atomic E-state index is 0.515. The van der Waals surface area contributed by atoms with Gasteiger partial charge in [0.2, 0.25) is 0 Å². The van der Waals surface area contributed by atoms with Gasteiger partial charge in [-0.3, -0.25) is 0 Å². The maximum absolute atomic E-state index is 3.79. The lowest BCUT2D eigenvalue weighted by Gasteiger charge is -2.37. The molecule has 1 aliphatic rings. The molecule has 120 valence electrons. The van der Waals surface area contributed by atoms with Crippen LogP contribution in [0.1, 0.15) is 92.4 Å². The maximum Gasteiger partial charge on any atom is 0.00672 e. The van der Waals surface area contributed by atoms with Crippen LogP contribution >= 0.6 is 0 Å². The van der Waals surface area contributed by atoms with E-state index in [0.29, 0.717) is 5.41 Å². The average molecular weight is 282 g/mol. The van der Waals surface area contributed by atoms with Crippen LogP contribution in [-0.2, 0) is 0 Å². The molecule has 0 unspecified atom stereocenters. The zero-order chi connectivity index (χ0) is 15.0. The van der Waals surface area contributed by atoms with Crippen LogP contribution in [0.25, 0.3) is 0 Å². The maximum atomic E-state index is 3.79. The summed E-state index contributed by atoms with van der Waals surface area (Å²) in [6.45, 7) is 13.1. The molecule has 0 atom stereocenters. The highest BCUT2D eigenvalue weighted by Gasteiger charge is 2.29. The summed E-state index contributed by atoms with van der Waals surface area (Å²) in [4.78, 5) is 0.